The Labute approximate surface area is 197 Å². The second kappa shape index (κ2) is 9.40. The summed E-state index contributed by atoms with van der Waals surface area (Å²) >= 11 is 0. The third-order valence-electron chi connectivity index (χ3n) is 6.07. The van der Waals surface area contributed by atoms with Gasteiger partial charge in [-0.15, -0.1) is 0 Å². The van der Waals surface area contributed by atoms with E-state index in [0.717, 1.165) is 25.1 Å². The number of hydrogen-bond donors (Lipinski definition) is 2. The topological polar surface area (TPSA) is 79.3 Å². The fraction of sp³-hybridized carbons (Fsp3) is 0.542. The summed E-state index contributed by atoms with van der Waals surface area (Å²) in [5.74, 6) is -0.352. The van der Waals surface area contributed by atoms with Crippen molar-refractivity contribution in [3.05, 3.63) is 40.7 Å². The molecule has 0 bridgehead atoms. The van der Waals surface area contributed by atoms with Gasteiger partial charge in [0, 0.05) is 25.7 Å². The number of amides is 2. The van der Waals surface area contributed by atoms with Crippen LogP contribution in [-0.4, -0.2) is 52.9 Å². The highest BCUT2D eigenvalue weighted by atomic mass is 19.4. The van der Waals surface area contributed by atoms with E-state index < -0.39 is 29.1 Å². The fourth-order valence-corrected chi connectivity index (χ4v) is 4.22. The van der Waals surface area contributed by atoms with Crippen molar-refractivity contribution in [1.82, 2.24) is 25.1 Å². The molecule has 2 N–H and O–H groups in total. The zero-order chi connectivity index (χ0) is 25.4. The monoisotopic (exact) mass is 479 g/mol. The summed E-state index contributed by atoms with van der Waals surface area (Å²) in [5.41, 5.74) is 0.544. The zero-order valence-electron chi connectivity index (χ0n) is 20.4. The highest BCUT2D eigenvalue weighted by Gasteiger charge is 2.35. The molecular weight excluding hydrogens is 447 g/mol. The number of imidazole rings is 1. The van der Waals surface area contributed by atoms with E-state index in [1.165, 1.54) is 13.1 Å². The quantitative estimate of drug-likeness (QED) is 0.703. The molecule has 0 spiro atoms. The van der Waals surface area contributed by atoms with Gasteiger partial charge in [0.15, 0.2) is 5.69 Å². The highest BCUT2D eigenvalue weighted by Crippen LogP contribution is 2.34. The lowest BCUT2D eigenvalue weighted by Crippen LogP contribution is -2.53. The molecule has 1 aliphatic heterocycles. The number of alkyl halides is 3. The normalized spacial score (nSPS) is 15.9. The number of nitrogens with one attached hydrogen (secondary N) is 2. The van der Waals surface area contributed by atoms with Crippen LogP contribution in [0.3, 0.4) is 0 Å². The molecule has 0 aliphatic carbocycles. The summed E-state index contributed by atoms with van der Waals surface area (Å²) in [5, 5.41) is 5.41. The van der Waals surface area contributed by atoms with Crippen molar-refractivity contribution in [3.8, 4) is 11.4 Å². The summed E-state index contributed by atoms with van der Waals surface area (Å²) in [6.45, 7) is 9.00. The van der Waals surface area contributed by atoms with Crippen LogP contribution >= 0.6 is 0 Å². The first-order valence-corrected chi connectivity index (χ1v) is 11.2. The number of halogens is 3. The van der Waals surface area contributed by atoms with E-state index in [-0.39, 0.29) is 11.6 Å². The number of rotatable bonds is 4. The number of carbonyl (C=O) groups is 2. The van der Waals surface area contributed by atoms with Crippen molar-refractivity contribution < 1.29 is 22.8 Å². The number of benzene rings is 1. The van der Waals surface area contributed by atoms with Crippen LogP contribution < -0.4 is 10.6 Å². The minimum atomic E-state index is -4.44. The number of carbonyl (C=O) groups excluding carboxylic acids is 2. The number of likely N-dealkylation sites (N-methyl/N-ethyl adjacent to an activating group) is 1. The second-order valence-electron chi connectivity index (χ2n) is 9.89. The number of aromatic nitrogens is 2. The van der Waals surface area contributed by atoms with Crippen LogP contribution in [0.4, 0.5) is 13.2 Å². The third-order valence-corrected chi connectivity index (χ3v) is 6.07. The van der Waals surface area contributed by atoms with Crippen LogP contribution in [0, 0.1) is 12.3 Å². The number of aryl methyl sites for hydroxylation is 1. The van der Waals surface area contributed by atoms with Gasteiger partial charge in [-0.1, -0.05) is 26.8 Å². The molecule has 7 nitrogen and oxygen atoms in total. The van der Waals surface area contributed by atoms with Crippen LogP contribution in [0.15, 0.2) is 18.2 Å². The average Bonchev–Trinajstić information content (AvgIpc) is 2.95. The third kappa shape index (κ3) is 5.27. The lowest BCUT2D eigenvalue weighted by atomic mass is 9.86. The van der Waals surface area contributed by atoms with Gasteiger partial charge in [-0.05, 0) is 50.0 Å². The Morgan fingerprint density at radius 1 is 1.15 bits per heavy atom. The molecule has 2 heterocycles. The predicted molar refractivity (Wildman–Crippen MR) is 123 cm³/mol. The molecule has 0 unspecified atom stereocenters. The molecule has 0 saturated heterocycles. The van der Waals surface area contributed by atoms with Gasteiger partial charge in [-0.2, -0.15) is 13.2 Å². The number of hydrogen-bond acceptors (Lipinski definition) is 4. The Kier molecular flexibility index (Phi) is 7.12. The van der Waals surface area contributed by atoms with Crippen molar-refractivity contribution in [2.75, 3.05) is 20.6 Å². The smallest absolute Gasteiger partial charge is 0.357 e. The molecule has 3 rings (SSSR count). The standard InChI is InChI=1S/C24H32F3N5O2/c1-14-12-15(24(25,26)27)8-9-16(14)20-29-18(17-13-31(6)10-7-11-32(17)20)21(33)30-19(22(34)28-5)23(2,3)4/h8-9,12,19H,7,10-11,13H2,1-6H3,(H,28,34)(H,30,33)/t19-/m1/s1. The first-order valence-electron chi connectivity index (χ1n) is 11.2. The van der Waals surface area contributed by atoms with Crippen molar-refractivity contribution in [2.24, 2.45) is 5.41 Å². The molecule has 34 heavy (non-hydrogen) atoms. The molecule has 1 atom stereocenters. The van der Waals surface area contributed by atoms with Gasteiger partial charge in [0.1, 0.15) is 11.9 Å². The summed E-state index contributed by atoms with van der Waals surface area (Å²) < 4.78 is 41.5. The van der Waals surface area contributed by atoms with Crippen molar-refractivity contribution in [1.29, 1.82) is 0 Å². The van der Waals surface area contributed by atoms with Crippen molar-refractivity contribution in [3.63, 3.8) is 0 Å². The predicted octanol–water partition coefficient (Wildman–Crippen LogP) is 3.60. The van der Waals surface area contributed by atoms with Crippen LogP contribution in [0.5, 0.6) is 0 Å². The van der Waals surface area contributed by atoms with E-state index in [0.29, 0.717) is 35.7 Å². The van der Waals surface area contributed by atoms with Gasteiger partial charge in [0.05, 0.1) is 11.3 Å². The lowest BCUT2D eigenvalue weighted by Gasteiger charge is -2.29. The highest BCUT2D eigenvalue weighted by molar-refractivity contribution is 5.98. The van der Waals surface area contributed by atoms with Gasteiger partial charge in [-0.25, -0.2) is 4.98 Å². The van der Waals surface area contributed by atoms with E-state index in [2.05, 4.69) is 20.5 Å². The average molecular weight is 480 g/mol. The van der Waals surface area contributed by atoms with Crippen molar-refractivity contribution >= 4 is 11.8 Å². The molecule has 0 radical (unpaired) electrons. The maximum atomic E-state index is 13.4. The van der Waals surface area contributed by atoms with Gasteiger partial charge in [0.2, 0.25) is 5.91 Å². The van der Waals surface area contributed by atoms with E-state index >= 15 is 0 Å². The summed E-state index contributed by atoms with van der Waals surface area (Å²) in [6, 6.07) is 2.75. The number of nitrogens with zero attached hydrogens (tertiary/aromatic N) is 3. The van der Waals surface area contributed by atoms with E-state index in [9.17, 15) is 22.8 Å². The summed E-state index contributed by atoms with van der Waals surface area (Å²) in [4.78, 5) is 32.5. The molecule has 10 heteroatoms. The van der Waals surface area contributed by atoms with Gasteiger partial charge in [-0.3, -0.25) is 9.59 Å². The maximum Gasteiger partial charge on any atom is 0.416 e. The largest absolute Gasteiger partial charge is 0.416 e. The Balaban J connectivity index is 2.10. The van der Waals surface area contributed by atoms with Crippen molar-refractivity contribution in [2.45, 2.75) is 59.4 Å². The van der Waals surface area contributed by atoms with E-state index in [1.54, 1.807) is 6.92 Å². The Bertz CT molecular complexity index is 1090. The fourth-order valence-electron chi connectivity index (χ4n) is 4.22. The first kappa shape index (κ1) is 25.7. The lowest BCUT2D eigenvalue weighted by molar-refractivity contribution is -0.137. The zero-order valence-corrected chi connectivity index (χ0v) is 20.4. The van der Waals surface area contributed by atoms with Crippen LogP contribution in [-0.2, 0) is 24.1 Å². The van der Waals surface area contributed by atoms with E-state index in [4.69, 9.17) is 0 Å². The Hall–Kier alpha value is -2.88. The van der Waals surface area contributed by atoms with E-state index in [1.807, 2.05) is 32.4 Å². The van der Waals surface area contributed by atoms with Gasteiger partial charge >= 0.3 is 6.18 Å². The molecule has 2 amide bonds. The SMILES string of the molecule is CNC(=O)[C@@H](NC(=O)c1nc(-c2ccc(C(F)(F)F)cc2C)n2c1CN(C)CCC2)C(C)(C)C. The number of fused-ring (bicyclic) bond motifs is 1. The minimum Gasteiger partial charge on any atom is -0.357 e. The summed E-state index contributed by atoms with van der Waals surface area (Å²) in [6.07, 6.45) is -3.64. The van der Waals surface area contributed by atoms with Gasteiger partial charge in [0.25, 0.3) is 5.91 Å². The van der Waals surface area contributed by atoms with Crippen LogP contribution in [0.25, 0.3) is 11.4 Å². The van der Waals surface area contributed by atoms with Gasteiger partial charge < -0.3 is 20.1 Å². The first-order chi connectivity index (χ1) is 15.7. The molecule has 1 aromatic heterocycles. The molecule has 0 saturated carbocycles. The molecule has 0 fully saturated rings. The summed E-state index contributed by atoms with van der Waals surface area (Å²) in [7, 11) is 3.45. The molecule has 2 aromatic rings. The maximum absolute atomic E-state index is 13.4. The Morgan fingerprint density at radius 2 is 1.82 bits per heavy atom. The minimum absolute atomic E-state index is 0.182. The van der Waals surface area contributed by atoms with Crippen LogP contribution in [0.2, 0.25) is 0 Å². The van der Waals surface area contributed by atoms with Crippen LogP contribution in [0.1, 0.15) is 54.5 Å². The second-order valence-corrected chi connectivity index (χ2v) is 9.89. The molecular formula is C24H32F3N5O2. The molecule has 1 aromatic carbocycles. The molecule has 1 aliphatic rings. The Morgan fingerprint density at radius 3 is 2.38 bits per heavy atom. The molecule has 186 valence electrons.